The molecule has 0 N–H and O–H groups in total. The van der Waals surface area contributed by atoms with Crippen molar-refractivity contribution in [3.8, 4) is 0 Å². The van der Waals surface area contributed by atoms with E-state index < -0.39 is 0 Å². The maximum Gasteiger partial charge on any atom is 0.182 e. The van der Waals surface area contributed by atoms with E-state index in [-0.39, 0.29) is 5.78 Å². The molecule has 0 radical (unpaired) electrons. The SMILES string of the molecule is O=C1CCCc2sc(CCc3ccccc3)nc21. The van der Waals surface area contributed by atoms with Gasteiger partial charge in [0.1, 0.15) is 5.69 Å². The quantitative estimate of drug-likeness (QED) is 0.843. The number of benzene rings is 1. The van der Waals surface area contributed by atoms with Crippen molar-refractivity contribution in [2.75, 3.05) is 0 Å². The first kappa shape index (κ1) is 11.6. The Labute approximate surface area is 111 Å². The van der Waals surface area contributed by atoms with Gasteiger partial charge in [-0.05, 0) is 24.8 Å². The Morgan fingerprint density at radius 2 is 1.94 bits per heavy atom. The summed E-state index contributed by atoms with van der Waals surface area (Å²) in [7, 11) is 0. The number of hydrogen-bond donors (Lipinski definition) is 0. The lowest BCUT2D eigenvalue weighted by atomic mass is 10.0. The van der Waals surface area contributed by atoms with Crippen LogP contribution in [-0.2, 0) is 19.3 Å². The normalized spacial score (nSPS) is 14.6. The molecule has 1 aromatic heterocycles. The number of aromatic nitrogens is 1. The Balaban J connectivity index is 1.72. The zero-order valence-electron chi connectivity index (χ0n) is 10.2. The fraction of sp³-hybridized carbons (Fsp3) is 0.333. The molecule has 1 aliphatic carbocycles. The van der Waals surface area contributed by atoms with Crippen LogP contribution in [0, 0.1) is 0 Å². The van der Waals surface area contributed by atoms with Crippen molar-refractivity contribution in [3.05, 3.63) is 51.5 Å². The summed E-state index contributed by atoms with van der Waals surface area (Å²) in [6, 6.07) is 10.4. The van der Waals surface area contributed by atoms with E-state index in [9.17, 15) is 4.79 Å². The molecular formula is C15H15NOS. The maximum absolute atomic E-state index is 11.7. The molecule has 0 saturated heterocycles. The third-order valence-corrected chi connectivity index (χ3v) is 4.46. The van der Waals surface area contributed by atoms with Crippen LogP contribution < -0.4 is 0 Å². The zero-order chi connectivity index (χ0) is 12.4. The highest BCUT2D eigenvalue weighted by atomic mass is 32.1. The van der Waals surface area contributed by atoms with Gasteiger partial charge in [0.05, 0.1) is 5.01 Å². The van der Waals surface area contributed by atoms with Gasteiger partial charge in [0.2, 0.25) is 0 Å². The molecule has 0 spiro atoms. The molecule has 0 unspecified atom stereocenters. The summed E-state index contributed by atoms with van der Waals surface area (Å²) in [6.07, 6.45) is 4.64. The number of carbonyl (C=O) groups excluding carboxylic acids is 1. The Hall–Kier alpha value is -1.48. The number of aryl methyl sites for hydroxylation is 3. The van der Waals surface area contributed by atoms with E-state index in [0.717, 1.165) is 36.4 Å². The molecule has 92 valence electrons. The Morgan fingerprint density at radius 3 is 2.72 bits per heavy atom. The lowest BCUT2D eigenvalue weighted by Crippen LogP contribution is -2.08. The largest absolute Gasteiger partial charge is 0.292 e. The number of nitrogens with zero attached hydrogens (tertiary/aromatic N) is 1. The van der Waals surface area contributed by atoms with Crippen LogP contribution in [0.1, 0.15) is 38.8 Å². The number of rotatable bonds is 3. The highest BCUT2D eigenvalue weighted by molar-refractivity contribution is 7.12. The summed E-state index contributed by atoms with van der Waals surface area (Å²) in [4.78, 5) is 17.4. The Kier molecular flexibility index (Phi) is 3.24. The van der Waals surface area contributed by atoms with E-state index in [4.69, 9.17) is 0 Å². The van der Waals surface area contributed by atoms with Gasteiger partial charge in [0.15, 0.2) is 5.78 Å². The minimum atomic E-state index is 0.235. The highest BCUT2D eigenvalue weighted by Crippen LogP contribution is 2.27. The molecule has 2 nitrogen and oxygen atoms in total. The van der Waals surface area contributed by atoms with Crippen LogP contribution >= 0.6 is 11.3 Å². The van der Waals surface area contributed by atoms with Crippen molar-refractivity contribution < 1.29 is 4.79 Å². The third kappa shape index (κ3) is 2.36. The number of ketones is 1. The van der Waals surface area contributed by atoms with Crippen molar-refractivity contribution in [2.24, 2.45) is 0 Å². The molecule has 1 heterocycles. The number of hydrogen-bond acceptors (Lipinski definition) is 3. The average Bonchev–Trinajstić information content (AvgIpc) is 2.82. The Bertz CT molecular complexity index is 559. The van der Waals surface area contributed by atoms with Gasteiger partial charge in [0.25, 0.3) is 0 Å². The van der Waals surface area contributed by atoms with Gasteiger partial charge in [0, 0.05) is 17.7 Å². The van der Waals surface area contributed by atoms with E-state index in [1.807, 2.05) is 6.07 Å². The van der Waals surface area contributed by atoms with Crippen molar-refractivity contribution in [1.29, 1.82) is 0 Å². The second-order valence-electron chi connectivity index (χ2n) is 4.64. The van der Waals surface area contributed by atoms with Crippen LogP contribution in [0.4, 0.5) is 0 Å². The summed E-state index contributed by atoms with van der Waals surface area (Å²) < 4.78 is 0. The Morgan fingerprint density at radius 1 is 1.11 bits per heavy atom. The molecule has 0 amide bonds. The fourth-order valence-electron chi connectivity index (χ4n) is 2.32. The maximum atomic E-state index is 11.7. The first-order valence-corrected chi connectivity index (χ1v) is 7.20. The molecule has 1 aromatic carbocycles. The first-order valence-electron chi connectivity index (χ1n) is 6.38. The van der Waals surface area contributed by atoms with Gasteiger partial charge in [-0.3, -0.25) is 4.79 Å². The summed E-state index contributed by atoms with van der Waals surface area (Å²) >= 11 is 1.73. The molecule has 0 bridgehead atoms. The fourth-order valence-corrected chi connectivity index (χ4v) is 3.45. The summed E-state index contributed by atoms with van der Waals surface area (Å²) in [5, 5.41) is 1.11. The van der Waals surface area contributed by atoms with Crippen LogP contribution in [0.5, 0.6) is 0 Å². The number of carbonyl (C=O) groups is 1. The minimum absolute atomic E-state index is 0.235. The second kappa shape index (κ2) is 5.02. The standard InChI is InChI=1S/C15H15NOS/c17-12-7-4-8-13-15(12)16-14(18-13)10-9-11-5-2-1-3-6-11/h1-3,5-6H,4,7-10H2. The van der Waals surface area contributed by atoms with Crippen LogP contribution in [0.3, 0.4) is 0 Å². The number of Topliss-reactive ketones (excluding diaryl/α,β-unsaturated/α-hetero) is 1. The van der Waals surface area contributed by atoms with E-state index in [1.165, 1.54) is 10.4 Å². The van der Waals surface area contributed by atoms with E-state index in [0.29, 0.717) is 6.42 Å². The van der Waals surface area contributed by atoms with E-state index in [2.05, 4.69) is 29.2 Å². The molecule has 3 heteroatoms. The molecule has 0 atom stereocenters. The lowest BCUT2D eigenvalue weighted by molar-refractivity contribution is 0.0968. The predicted octanol–water partition coefficient (Wildman–Crippen LogP) is 3.45. The topological polar surface area (TPSA) is 30.0 Å². The monoisotopic (exact) mass is 257 g/mol. The van der Waals surface area contributed by atoms with E-state index >= 15 is 0 Å². The molecule has 2 aromatic rings. The molecule has 0 fully saturated rings. The third-order valence-electron chi connectivity index (χ3n) is 3.28. The van der Waals surface area contributed by atoms with Crippen LogP contribution in [0.15, 0.2) is 30.3 Å². The van der Waals surface area contributed by atoms with Gasteiger partial charge in [-0.15, -0.1) is 11.3 Å². The zero-order valence-corrected chi connectivity index (χ0v) is 11.0. The lowest BCUT2D eigenvalue weighted by Gasteiger charge is -2.06. The second-order valence-corrected chi connectivity index (χ2v) is 5.81. The molecular weight excluding hydrogens is 242 g/mol. The molecule has 1 aliphatic rings. The predicted molar refractivity (Wildman–Crippen MR) is 73.2 cm³/mol. The van der Waals surface area contributed by atoms with Crippen molar-refractivity contribution >= 4 is 17.1 Å². The first-order chi connectivity index (χ1) is 8.83. The molecule has 3 rings (SSSR count). The molecule has 0 saturated carbocycles. The van der Waals surface area contributed by atoms with Crippen molar-refractivity contribution in [2.45, 2.75) is 32.1 Å². The van der Waals surface area contributed by atoms with Gasteiger partial charge >= 0.3 is 0 Å². The van der Waals surface area contributed by atoms with Gasteiger partial charge < -0.3 is 0 Å². The number of thiazole rings is 1. The van der Waals surface area contributed by atoms with Gasteiger partial charge in [-0.1, -0.05) is 30.3 Å². The van der Waals surface area contributed by atoms with Gasteiger partial charge in [-0.2, -0.15) is 0 Å². The van der Waals surface area contributed by atoms with Gasteiger partial charge in [-0.25, -0.2) is 4.98 Å². The minimum Gasteiger partial charge on any atom is -0.292 e. The van der Waals surface area contributed by atoms with Crippen molar-refractivity contribution in [3.63, 3.8) is 0 Å². The van der Waals surface area contributed by atoms with Crippen molar-refractivity contribution in [1.82, 2.24) is 4.98 Å². The number of fused-ring (bicyclic) bond motifs is 1. The summed E-state index contributed by atoms with van der Waals surface area (Å²) in [5.74, 6) is 0.235. The highest BCUT2D eigenvalue weighted by Gasteiger charge is 2.21. The summed E-state index contributed by atoms with van der Waals surface area (Å²) in [5.41, 5.74) is 2.09. The van der Waals surface area contributed by atoms with Crippen LogP contribution in [0.2, 0.25) is 0 Å². The molecule has 18 heavy (non-hydrogen) atoms. The van der Waals surface area contributed by atoms with Crippen LogP contribution in [-0.4, -0.2) is 10.8 Å². The van der Waals surface area contributed by atoms with Crippen LogP contribution in [0.25, 0.3) is 0 Å². The van der Waals surface area contributed by atoms with E-state index in [1.54, 1.807) is 11.3 Å². The average molecular weight is 257 g/mol. The smallest absolute Gasteiger partial charge is 0.182 e. The summed E-state index contributed by atoms with van der Waals surface area (Å²) in [6.45, 7) is 0. The molecule has 0 aliphatic heterocycles.